The number of nitriles is 1. The van der Waals surface area contributed by atoms with E-state index in [1.807, 2.05) is 30.3 Å². The van der Waals surface area contributed by atoms with Gasteiger partial charge in [0.1, 0.15) is 27.4 Å². The molecule has 4 aromatic rings. The summed E-state index contributed by atoms with van der Waals surface area (Å²) in [5, 5.41) is 13.9. The van der Waals surface area contributed by atoms with E-state index in [2.05, 4.69) is 27.2 Å². The fourth-order valence-corrected chi connectivity index (χ4v) is 6.37. The number of hydrogen-bond acceptors (Lipinski definition) is 5. The highest BCUT2D eigenvalue weighted by Crippen LogP contribution is 2.29. The lowest BCUT2D eigenvalue weighted by Crippen LogP contribution is -2.34. The minimum absolute atomic E-state index is 0.0894. The SMILES string of the molecule is Cn1cc2c(c1C(=O)Nc1cc(F)nc(C#N)c1)CC[C@H](Cc1ccc3ccccc3c1)NS2(=N)=O. The lowest BCUT2D eigenvalue weighted by atomic mass is 9.98. The van der Waals surface area contributed by atoms with Gasteiger partial charge in [0.05, 0.1) is 4.90 Å². The summed E-state index contributed by atoms with van der Waals surface area (Å²) in [6.45, 7) is 0. The number of pyridine rings is 1. The molecule has 36 heavy (non-hydrogen) atoms. The molecule has 0 spiro atoms. The van der Waals surface area contributed by atoms with Gasteiger partial charge >= 0.3 is 0 Å². The molecule has 8 nitrogen and oxygen atoms in total. The Labute approximate surface area is 207 Å². The number of aryl methyl sites for hydroxylation is 1. The Morgan fingerprint density at radius 3 is 2.83 bits per heavy atom. The Bertz CT molecular complexity index is 1650. The van der Waals surface area contributed by atoms with Crippen molar-refractivity contribution in [3.8, 4) is 6.07 Å². The van der Waals surface area contributed by atoms with E-state index in [4.69, 9.17) is 10.0 Å². The summed E-state index contributed by atoms with van der Waals surface area (Å²) in [5.41, 5.74) is 1.77. The number of nitrogens with one attached hydrogen (secondary N) is 3. The zero-order chi connectivity index (χ0) is 25.4. The molecular formula is C26H23FN6O2S. The summed E-state index contributed by atoms with van der Waals surface area (Å²) in [5.74, 6) is -1.43. The van der Waals surface area contributed by atoms with Gasteiger partial charge in [0.25, 0.3) is 5.91 Å². The Kier molecular flexibility index (Phi) is 6.04. The number of benzene rings is 2. The fourth-order valence-electron chi connectivity index (χ4n) is 4.72. The maximum absolute atomic E-state index is 13.7. The number of amides is 1. The summed E-state index contributed by atoms with van der Waals surface area (Å²) in [6, 6.07) is 18.1. The summed E-state index contributed by atoms with van der Waals surface area (Å²) in [7, 11) is -1.74. The predicted molar refractivity (Wildman–Crippen MR) is 134 cm³/mol. The van der Waals surface area contributed by atoms with Gasteiger partial charge in [-0.05, 0) is 41.7 Å². The quantitative estimate of drug-likeness (QED) is 0.360. The van der Waals surface area contributed by atoms with Crippen molar-refractivity contribution < 1.29 is 13.4 Å². The van der Waals surface area contributed by atoms with Crippen LogP contribution in [0.15, 0.2) is 65.7 Å². The van der Waals surface area contributed by atoms with Gasteiger partial charge in [-0.25, -0.2) is 18.7 Å². The Balaban J connectivity index is 1.41. The summed E-state index contributed by atoms with van der Waals surface area (Å²) in [4.78, 5) is 16.9. The van der Waals surface area contributed by atoms with Crippen LogP contribution < -0.4 is 10.0 Å². The molecule has 2 aromatic heterocycles. The number of nitrogens with zero attached hydrogens (tertiary/aromatic N) is 3. The number of fused-ring (bicyclic) bond motifs is 2. The van der Waals surface area contributed by atoms with Gasteiger partial charge in [-0.1, -0.05) is 42.5 Å². The molecule has 3 heterocycles. The molecule has 182 valence electrons. The predicted octanol–water partition coefficient (Wildman–Crippen LogP) is 4.30. The van der Waals surface area contributed by atoms with Crippen molar-refractivity contribution in [2.45, 2.75) is 30.2 Å². The molecule has 1 unspecified atom stereocenters. The lowest BCUT2D eigenvalue weighted by Gasteiger charge is -2.17. The molecule has 2 aromatic carbocycles. The Morgan fingerprint density at radius 2 is 2.06 bits per heavy atom. The van der Waals surface area contributed by atoms with Crippen LogP contribution in [0.2, 0.25) is 0 Å². The largest absolute Gasteiger partial charge is 0.345 e. The molecule has 3 N–H and O–H groups in total. The van der Waals surface area contributed by atoms with E-state index in [1.54, 1.807) is 19.3 Å². The minimum atomic E-state index is -3.38. The van der Waals surface area contributed by atoms with Gasteiger partial charge < -0.3 is 9.88 Å². The first kappa shape index (κ1) is 23.7. The van der Waals surface area contributed by atoms with E-state index in [0.29, 0.717) is 24.8 Å². The van der Waals surface area contributed by atoms with Gasteiger partial charge in [0, 0.05) is 36.6 Å². The van der Waals surface area contributed by atoms with Crippen molar-refractivity contribution in [2.75, 3.05) is 5.32 Å². The molecule has 0 radical (unpaired) electrons. The van der Waals surface area contributed by atoms with Crippen molar-refractivity contribution in [3.63, 3.8) is 0 Å². The van der Waals surface area contributed by atoms with Crippen molar-refractivity contribution in [2.24, 2.45) is 7.05 Å². The summed E-state index contributed by atoms with van der Waals surface area (Å²) in [6.07, 6.45) is 3.14. The molecule has 2 atom stereocenters. The van der Waals surface area contributed by atoms with E-state index >= 15 is 0 Å². The number of aromatic nitrogens is 2. The molecule has 1 amide bonds. The first-order valence-corrected chi connectivity index (χ1v) is 12.9. The lowest BCUT2D eigenvalue weighted by molar-refractivity contribution is 0.101. The number of rotatable bonds is 4. The van der Waals surface area contributed by atoms with E-state index < -0.39 is 21.8 Å². The molecule has 0 bridgehead atoms. The smallest absolute Gasteiger partial charge is 0.272 e. The van der Waals surface area contributed by atoms with Crippen LogP contribution in [-0.4, -0.2) is 25.7 Å². The molecule has 0 fully saturated rings. The molecule has 10 heteroatoms. The zero-order valence-corrected chi connectivity index (χ0v) is 20.2. The monoisotopic (exact) mass is 502 g/mol. The average molecular weight is 503 g/mol. The number of hydrogen-bond donors (Lipinski definition) is 3. The fraction of sp³-hybridized carbons (Fsp3) is 0.192. The second-order valence-electron chi connectivity index (χ2n) is 8.86. The van der Waals surface area contributed by atoms with Crippen LogP contribution in [0.4, 0.5) is 10.1 Å². The minimum Gasteiger partial charge on any atom is -0.345 e. The van der Waals surface area contributed by atoms with Crippen molar-refractivity contribution in [3.05, 3.63) is 89.3 Å². The third-order valence-electron chi connectivity index (χ3n) is 6.31. The number of halogens is 1. The topological polar surface area (TPSA) is 124 Å². The molecular weight excluding hydrogens is 479 g/mol. The number of anilines is 1. The molecule has 0 saturated heterocycles. The van der Waals surface area contributed by atoms with Crippen molar-refractivity contribution >= 4 is 32.3 Å². The highest BCUT2D eigenvalue weighted by Gasteiger charge is 2.31. The zero-order valence-electron chi connectivity index (χ0n) is 19.4. The molecule has 0 saturated carbocycles. The van der Waals surface area contributed by atoms with Crippen LogP contribution in [-0.2, 0) is 29.8 Å². The number of carbonyl (C=O) groups excluding carboxylic acids is 1. The average Bonchev–Trinajstić information content (AvgIpc) is 3.13. The van der Waals surface area contributed by atoms with Gasteiger partial charge in [0.2, 0.25) is 5.95 Å². The Morgan fingerprint density at radius 1 is 1.28 bits per heavy atom. The van der Waals surface area contributed by atoms with Crippen LogP contribution in [0.25, 0.3) is 10.8 Å². The Hall–Kier alpha value is -4.07. The molecule has 5 rings (SSSR count). The molecule has 1 aliphatic heterocycles. The van der Waals surface area contributed by atoms with Crippen LogP contribution in [0.3, 0.4) is 0 Å². The van der Waals surface area contributed by atoms with Crippen molar-refractivity contribution in [1.82, 2.24) is 14.3 Å². The summed E-state index contributed by atoms with van der Waals surface area (Å²) >= 11 is 0. The van der Waals surface area contributed by atoms with Crippen LogP contribution in [0.5, 0.6) is 0 Å². The van der Waals surface area contributed by atoms with Crippen LogP contribution in [0, 0.1) is 22.1 Å². The standard InChI is InChI=1S/C26H23FN6O2S/c1-33-15-23-22(25(33)26(34)31-20-12-21(14-28)30-24(27)13-20)9-8-19(32-36(23,29)35)11-16-6-7-17-4-2-3-5-18(17)10-16/h2-7,10,12-13,15,19H,8-9,11H2,1H3,(H2,29,32,35)(H,30,31,34)/t19-,36?/m1/s1. The highest BCUT2D eigenvalue weighted by molar-refractivity contribution is 7.90. The van der Waals surface area contributed by atoms with Gasteiger partial charge in [-0.2, -0.15) is 9.65 Å². The van der Waals surface area contributed by atoms with E-state index in [0.717, 1.165) is 22.4 Å². The van der Waals surface area contributed by atoms with Gasteiger partial charge in [-0.15, -0.1) is 0 Å². The normalized spacial score (nSPS) is 19.3. The van der Waals surface area contributed by atoms with Gasteiger partial charge in [0.15, 0.2) is 0 Å². The second-order valence-corrected chi connectivity index (χ2v) is 10.6. The number of carbonyl (C=O) groups is 1. The first-order valence-electron chi connectivity index (χ1n) is 11.3. The third kappa shape index (κ3) is 4.58. The third-order valence-corrected chi connectivity index (χ3v) is 7.95. The first-order chi connectivity index (χ1) is 17.2. The molecule has 0 aliphatic carbocycles. The maximum atomic E-state index is 13.7. The van der Waals surface area contributed by atoms with E-state index in [9.17, 15) is 13.4 Å². The van der Waals surface area contributed by atoms with E-state index in [-0.39, 0.29) is 28.0 Å². The second kappa shape index (κ2) is 9.18. The van der Waals surface area contributed by atoms with Gasteiger partial charge in [-0.3, -0.25) is 4.79 Å². The van der Waals surface area contributed by atoms with Crippen LogP contribution in [0.1, 0.15) is 33.7 Å². The van der Waals surface area contributed by atoms with Crippen LogP contribution >= 0.6 is 0 Å². The maximum Gasteiger partial charge on any atom is 0.272 e. The highest BCUT2D eigenvalue weighted by atomic mass is 32.2. The molecule has 1 aliphatic rings. The van der Waals surface area contributed by atoms with E-state index in [1.165, 1.54) is 10.6 Å². The van der Waals surface area contributed by atoms with Crippen molar-refractivity contribution in [1.29, 1.82) is 10.0 Å². The summed E-state index contributed by atoms with van der Waals surface area (Å²) < 4.78 is 40.3.